The van der Waals surface area contributed by atoms with Crippen molar-refractivity contribution in [1.29, 1.82) is 0 Å². The number of hydrogen-bond acceptors (Lipinski definition) is 4. The van der Waals surface area contributed by atoms with E-state index in [2.05, 4.69) is 48.1 Å². The van der Waals surface area contributed by atoms with Gasteiger partial charge in [0.15, 0.2) is 5.82 Å². The van der Waals surface area contributed by atoms with Gasteiger partial charge in [0.2, 0.25) is 0 Å². The van der Waals surface area contributed by atoms with Crippen molar-refractivity contribution in [1.82, 2.24) is 19.7 Å². The Labute approximate surface area is 120 Å². The Hall–Kier alpha value is -1.91. The molecule has 0 aromatic carbocycles. The fraction of sp³-hybridized carbons (Fsp3) is 0.533. The maximum Gasteiger partial charge on any atom is 0.164 e. The van der Waals surface area contributed by atoms with Crippen LogP contribution in [0.1, 0.15) is 45.9 Å². The van der Waals surface area contributed by atoms with Crippen molar-refractivity contribution >= 4 is 5.82 Å². The van der Waals surface area contributed by atoms with Crippen LogP contribution < -0.4 is 5.32 Å². The van der Waals surface area contributed by atoms with Gasteiger partial charge in [-0.05, 0) is 26.7 Å². The quantitative estimate of drug-likeness (QED) is 0.877. The van der Waals surface area contributed by atoms with Crippen molar-refractivity contribution in [3.63, 3.8) is 0 Å². The molecule has 2 aromatic heterocycles. The Balaban J connectivity index is 2.33. The molecule has 0 atom stereocenters. The van der Waals surface area contributed by atoms with Gasteiger partial charge in [0, 0.05) is 30.5 Å². The lowest BCUT2D eigenvalue weighted by Crippen LogP contribution is -2.05. The lowest BCUT2D eigenvalue weighted by Gasteiger charge is -2.08. The fourth-order valence-electron chi connectivity index (χ4n) is 1.89. The number of hydrogen-bond donors (Lipinski definition) is 1. The predicted molar refractivity (Wildman–Crippen MR) is 81.8 cm³/mol. The summed E-state index contributed by atoms with van der Waals surface area (Å²) in [6.45, 7) is 9.38. The van der Waals surface area contributed by atoms with Crippen LogP contribution in [0, 0.1) is 0 Å². The van der Waals surface area contributed by atoms with E-state index in [4.69, 9.17) is 0 Å². The second-order valence-electron chi connectivity index (χ2n) is 5.15. The zero-order valence-corrected chi connectivity index (χ0v) is 12.7. The summed E-state index contributed by atoms with van der Waals surface area (Å²) in [6, 6.07) is 2.36. The van der Waals surface area contributed by atoms with E-state index in [1.54, 1.807) is 0 Å². The van der Waals surface area contributed by atoms with Gasteiger partial charge in [0.25, 0.3) is 0 Å². The van der Waals surface area contributed by atoms with Gasteiger partial charge in [-0.3, -0.25) is 4.68 Å². The highest BCUT2D eigenvalue weighted by Gasteiger charge is 2.09. The zero-order chi connectivity index (χ0) is 14.5. The average Bonchev–Trinajstić information content (AvgIpc) is 2.94. The van der Waals surface area contributed by atoms with E-state index in [1.807, 2.05) is 23.1 Å². The standard InChI is InChI=1S/C15H23N5/c1-5-7-16-14-8-13(6-2)18-15(19-14)12-9-17-20(10-12)11(3)4/h8-11H,5-7H2,1-4H3,(H,16,18,19). The van der Waals surface area contributed by atoms with Gasteiger partial charge >= 0.3 is 0 Å². The second-order valence-corrected chi connectivity index (χ2v) is 5.15. The molecule has 2 heterocycles. The summed E-state index contributed by atoms with van der Waals surface area (Å²) < 4.78 is 1.93. The smallest absolute Gasteiger partial charge is 0.164 e. The Morgan fingerprint density at radius 3 is 2.65 bits per heavy atom. The van der Waals surface area contributed by atoms with E-state index in [-0.39, 0.29) is 0 Å². The van der Waals surface area contributed by atoms with Crippen LogP contribution in [0.2, 0.25) is 0 Å². The molecule has 108 valence electrons. The monoisotopic (exact) mass is 273 g/mol. The molecular weight excluding hydrogens is 250 g/mol. The van der Waals surface area contributed by atoms with Crippen LogP contribution in [0.4, 0.5) is 5.82 Å². The molecule has 0 amide bonds. The lowest BCUT2D eigenvalue weighted by atomic mass is 10.2. The van der Waals surface area contributed by atoms with Gasteiger partial charge in [-0.2, -0.15) is 5.10 Å². The average molecular weight is 273 g/mol. The SMILES string of the molecule is CCCNc1cc(CC)nc(-c2cnn(C(C)C)c2)n1. The summed E-state index contributed by atoms with van der Waals surface area (Å²) in [4.78, 5) is 9.18. The zero-order valence-electron chi connectivity index (χ0n) is 12.7. The maximum absolute atomic E-state index is 4.60. The van der Waals surface area contributed by atoms with Gasteiger partial charge in [0.1, 0.15) is 5.82 Å². The molecule has 0 aliphatic rings. The van der Waals surface area contributed by atoms with E-state index in [0.717, 1.165) is 42.3 Å². The minimum absolute atomic E-state index is 0.343. The number of aromatic nitrogens is 4. The molecule has 0 aliphatic carbocycles. The van der Waals surface area contributed by atoms with Crippen LogP contribution in [0.3, 0.4) is 0 Å². The first kappa shape index (κ1) is 14.5. The molecule has 2 rings (SSSR count). The van der Waals surface area contributed by atoms with E-state index >= 15 is 0 Å². The molecule has 0 unspecified atom stereocenters. The third-order valence-electron chi connectivity index (χ3n) is 3.09. The number of aryl methyl sites for hydroxylation is 1. The molecule has 5 heteroatoms. The van der Waals surface area contributed by atoms with Crippen molar-refractivity contribution in [3.8, 4) is 11.4 Å². The molecule has 0 fully saturated rings. The third kappa shape index (κ3) is 3.35. The van der Waals surface area contributed by atoms with Gasteiger partial charge in [-0.25, -0.2) is 9.97 Å². The van der Waals surface area contributed by atoms with Crippen molar-refractivity contribution in [2.45, 2.75) is 46.6 Å². The molecule has 0 aliphatic heterocycles. The molecule has 0 bridgehead atoms. The van der Waals surface area contributed by atoms with Crippen LogP contribution >= 0.6 is 0 Å². The highest BCUT2D eigenvalue weighted by atomic mass is 15.3. The second kappa shape index (κ2) is 6.50. The molecule has 0 saturated carbocycles. The molecule has 2 aromatic rings. The van der Waals surface area contributed by atoms with Crippen molar-refractivity contribution in [2.24, 2.45) is 0 Å². The van der Waals surface area contributed by atoms with Crippen LogP contribution in [0.25, 0.3) is 11.4 Å². The molecule has 0 spiro atoms. The predicted octanol–water partition coefficient (Wildman–Crippen LogP) is 3.31. The van der Waals surface area contributed by atoms with Crippen molar-refractivity contribution < 1.29 is 0 Å². The highest BCUT2D eigenvalue weighted by molar-refractivity contribution is 5.55. The molecule has 5 nitrogen and oxygen atoms in total. The Bertz CT molecular complexity index is 559. The first-order valence-electron chi connectivity index (χ1n) is 7.30. The van der Waals surface area contributed by atoms with Crippen LogP contribution in [-0.2, 0) is 6.42 Å². The summed E-state index contributed by atoms with van der Waals surface area (Å²) in [7, 11) is 0. The number of nitrogens with zero attached hydrogens (tertiary/aromatic N) is 4. The van der Waals surface area contributed by atoms with E-state index in [9.17, 15) is 0 Å². The summed E-state index contributed by atoms with van der Waals surface area (Å²) in [5, 5.41) is 7.69. The number of rotatable bonds is 6. The summed E-state index contributed by atoms with van der Waals surface area (Å²) >= 11 is 0. The number of anilines is 1. The van der Waals surface area contributed by atoms with Crippen molar-refractivity contribution in [3.05, 3.63) is 24.2 Å². The van der Waals surface area contributed by atoms with Crippen LogP contribution in [0.5, 0.6) is 0 Å². The number of nitrogens with one attached hydrogen (secondary N) is 1. The topological polar surface area (TPSA) is 55.6 Å². The Morgan fingerprint density at radius 2 is 2.05 bits per heavy atom. The van der Waals surface area contributed by atoms with Crippen LogP contribution in [-0.4, -0.2) is 26.3 Å². The summed E-state index contributed by atoms with van der Waals surface area (Å²) in [5.41, 5.74) is 2.01. The summed E-state index contributed by atoms with van der Waals surface area (Å²) in [5.74, 6) is 1.64. The third-order valence-corrected chi connectivity index (χ3v) is 3.09. The van der Waals surface area contributed by atoms with E-state index in [1.165, 1.54) is 0 Å². The highest BCUT2D eigenvalue weighted by Crippen LogP contribution is 2.19. The molecule has 20 heavy (non-hydrogen) atoms. The largest absolute Gasteiger partial charge is 0.370 e. The molecular formula is C15H23N5. The molecule has 0 saturated heterocycles. The maximum atomic E-state index is 4.60. The minimum atomic E-state index is 0.343. The minimum Gasteiger partial charge on any atom is -0.370 e. The van der Waals surface area contributed by atoms with Gasteiger partial charge < -0.3 is 5.32 Å². The van der Waals surface area contributed by atoms with Gasteiger partial charge in [-0.15, -0.1) is 0 Å². The van der Waals surface area contributed by atoms with Crippen molar-refractivity contribution in [2.75, 3.05) is 11.9 Å². The molecule has 1 N–H and O–H groups in total. The van der Waals surface area contributed by atoms with E-state index < -0.39 is 0 Å². The lowest BCUT2D eigenvalue weighted by molar-refractivity contribution is 0.532. The summed E-state index contributed by atoms with van der Waals surface area (Å²) in [6.07, 6.45) is 5.81. The van der Waals surface area contributed by atoms with Crippen LogP contribution in [0.15, 0.2) is 18.5 Å². The normalized spacial score (nSPS) is 11.1. The fourth-order valence-corrected chi connectivity index (χ4v) is 1.89. The van der Waals surface area contributed by atoms with Gasteiger partial charge in [-0.1, -0.05) is 13.8 Å². The first-order chi connectivity index (χ1) is 9.63. The molecule has 0 radical (unpaired) electrons. The first-order valence-corrected chi connectivity index (χ1v) is 7.30. The Morgan fingerprint density at radius 1 is 1.25 bits per heavy atom. The van der Waals surface area contributed by atoms with Gasteiger partial charge in [0.05, 0.1) is 11.8 Å². The van der Waals surface area contributed by atoms with E-state index in [0.29, 0.717) is 6.04 Å². The Kier molecular flexibility index (Phi) is 4.71.